The smallest absolute Gasteiger partial charge is 0.191 e. The number of aliphatic imine (C=N–C) groups is 1. The van der Waals surface area contributed by atoms with E-state index in [2.05, 4.69) is 34.7 Å². The van der Waals surface area contributed by atoms with E-state index in [1.807, 2.05) is 12.1 Å². The molecular weight excluding hydrogens is 330 g/mol. The first kappa shape index (κ1) is 20.7. The minimum Gasteiger partial charge on any atom is -0.380 e. The zero-order chi connectivity index (χ0) is 18.5. The lowest BCUT2D eigenvalue weighted by molar-refractivity contribution is 0.0168. The fourth-order valence-electron chi connectivity index (χ4n) is 2.89. The quantitative estimate of drug-likeness (QED) is 0.359. The number of benzene rings is 1. The van der Waals surface area contributed by atoms with Crippen LogP contribution in [0.2, 0.25) is 0 Å². The summed E-state index contributed by atoms with van der Waals surface area (Å²) in [5, 5.41) is 6.65. The maximum atomic E-state index is 5.69. The molecule has 0 aromatic heterocycles. The first-order chi connectivity index (χ1) is 12.8. The Bertz CT molecular complexity index is 531. The lowest BCUT2D eigenvalue weighted by Gasteiger charge is -2.13. The van der Waals surface area contributed by atoms with Crippen molar-refractivity contribution in [3.8, 4) is 0 Å². The maximum absolute atomic E-state index is 5.69. The van der Waals surface area contributed by atoms with Crippen molar-refractivity contribution in [2.75, 3.05) is 40.0 Å². The van der Waals surface area contributed by atoms with Gasteiger partial charge in [-0.3, -0.25) is 0 Å². The molecule has 1 aromatic carbocycles. The summed E-state index contributed by atoms with van der Waals surface area (Å²) in [4.78, 5) is 4.69. The largest absolute Gasteiger partial charge is 0.380 e. The number of guanidine groups is 1. The molecule has 1 aromatic rings. The van der Waals surface area contributed by atoms with Crippen LogP contribution in [0.1, 0.15) is 37.3 Å². The summed E-state index contributed by atoms with van der Waals surface area (Å²) in [5.41, 5.74) is 2.36. The van der Waals surface area contributed by atoms with Crippen LogP contribution in [0, 0.1) is 0 Å². The fourth-order valence-corrected chi connectivity index (χ4v) is 2.89. The average Bonchev–Trinajstić information content (AvgIpc) is 3.17. The van der Waals surface area contributed by atoms with Gasteiger partial charge in [0.25, 0.3) is 0 Å². The monoisotopic (exact) mass is 363 g/mol. The van der Waals surface area contributed by atoms with E-state index in [0.29, 0.717) is 25.9 Å². The van der Waals surface area contributed by atoms with Crippen LogP contribution in [0.15, 0.2) is 29.3 Å². The van der Waals surface area contributed by atoms with E-state index >= 15 is 0 Å². The molecule has 1 aliphatic heterocycles. The highest BCUT2D eigenvalue weighted by Crippen LogP contribution is 2.12. The highest BCUT2D eigenvalue weighted by Gasteiger charge is 2.14. The minimum atomic E-state index is 0.300. The third kappa shape index (κ3) is 7.72. The normalized spacial score (nSPS) is 17.5. The highest BCUT2D eigenvalue weighted by atomic mass is 16.5. The average molecular weight is 364 g/mol. The van der Waals surface area contributed by atoms with Crippen molar-refractivity contribution >= 4 is 5.96 Å². The minimum absolute atomic E-state index is 0.300. The summed E-state index contributed by atoms with van der Waals surface area (Å²) in [5.74, 6) is 0.832. The number of methoxy groups -OCH3 is 1. The molecule has 0 amide bonds. The van der Waals surface area contributed by atoms with Crippen molar-refractivity contribution in [2.24, 2.45) is 4.99 Å². The predicted molar refractivity (Wildman–Crippen MR) is 104 cm³/mol. The standard InChI is InChI=1S/C20H33N3O3/c1-3-21-20(22-11-7-12-25-16-19-10-6-13-26-19)23-14-17-8-4-5-9-18(17)15-24-2/h4-5,8-9,19H,3,6-7,10-16H2,1-2H3,(H2,21,22,23). The van der Waals surface area contributed by atoms with Crippen LogP contribution >= 0.6 is 0 Å². The second-order valence-electron chi connectivity index (χ2n) is 6.39. The van der Waals surface area contributed by atoms with E-state index in [1.54, 1.807) is 7.11 Å². The summed E-state index contributed by atoms with van der Waals surface area (Å²) in [6, 6.07) is 8.25. The molecule has 0 bridgehead atoms. The van der Waals surface area contributed by atoms with Crippen LogP contribution in [0.4, 0.5) is 0 Å². The van der Waals surface area contributed by atoms with Crippen LogP contribution in [0.25, 0.3) is 0 Å². The van der Waals surface area contributed by atoms with Gasteiger partial charge in [-0.25, -0.2) is 4.99 Å². The predicted octanol–water partition coefficient (Wildman–Crippen LogP) is 2.47. The summed E-state index contributed by atoms with van der Waals surface area (Å²) < 4.78 is 16.5. The lowest BCUT2D eigenvalue weighted by atomic mass is 10.1. The van der Waals surface area contributed by atoms with Crippen molar-refractivity contribution in [2.45, 2.75) is 45.4 Å². The third-order valence-electron chi connectivity index (χ3n) is 4.26. The Morgan fingerprint density at radius 3 is 2.85 bits per heavy atom. The number of hydrogen-bond donors (Lipinski definition) is 2. The van der Waals surface area contributed by atoms with Crippen LogP contribution < -0.4 is 10.6 Å². The van der Waals surface area contributed by atoms with E-state index in [1.165, 1.54) is 11.1 Å². The lowest BCUT2D eigenvalue weighted by Crippen LogP contribution is -2.38. The Hall–Kier alpha value is -1.63. The molecule has 1 atom stereocenters. The van der Waals surface area contributed by atoms with E-state index in [9.17, 15) is 0 Å². The van der Waals surface area contributed by atoms with Gasteiger partial charge in [-0.05, 0) is 37.3 Å². The second kappa shape index (κ2) is 12.7. The van der Waals surface area contributed by atoms with Crippen LogP contribution in [-0.2, 0) is 27.4 Å². The number of nitrogens with zero attached hydrogens (tertiary/aromatic N) is 1. The van der Waals surface area contributed by atoms with Gasteiger partial charge in [-0.1, -0.05) is 24.3 Å². The Kier molecular flexibility index (Phi) is 10.1. The zero-order valence-corrected chi connectivity index (χ0v) is 16.1. The van der Waals surface area contributed by atoms with Crippen molar-refractivity contribution in [3.05, 3.63) is 35.4 Å². The number of nitrogens with one attached hydrogen (secondary N) is 2. The van der Waals surface area contributed by atoms with Crippen LogP contribution in [0.5, 0.6) is 0 Å². The van der Waals surface area contributed by atoms with Gasteiger partial charge < -0.3 is 24.8 Å². The number of rotatable bonds is 11. The highest BCUT2D eigenvalue weighted by molar-refractivity contribution is 5.79. The van der Waals surface area contributed by atoms with Gasteiger partial charge in [-0.15, -0.1) is 0 Å². The van der Waals surface area contributed by atoms with Crippen LogP contribution in [0.3, 0.4) is 0 Å². The molecule has 0 aliphatic carbocycles. The Labute approximate surface area is 157 Å². The molecule has 6 nitrogen and oxygen atoms in total. The zero-order valence-electron chi connectivity index (χ0n) is 16.1. The van der Waals surface area contributed by atoms with Crippen molar-refractivity contribution in [3.63, 3.8) is 0 Å². The molecule has 1 saturated heterocycles. The van der Waals surface area contributed by atoms with Gasteiger partial charge in [0.15, 0.2) is 5.96 Å². The molecule has 1 unspecified atom stereocenters. The van der Waals surface area contributed by atoms with E-state index in [0.717, 1.165) is 51.5 Å². The van der Waals surface area contributed by atoms with Crippen LogP contribution in [-0.4, -0.2) is 52.1 Å². The van der Waals surface area contributed by atoms with Crippen molar-refractivity contribution < 1.29 is 14.2 Å². The van der Waals surface area contributed by atoms with Gasteiger partial charge in [0, 0.05) is 33.4 Å². The maximum Gasteiger partial charge on any atom is 0.191 e. The molecule has 0 saturated carbocycles. The summed E-state index contributed by atoms with van der Waals surface area (Å²) in [6.45, 7) is 7.31. The van der Waals surface area contributed by atoms with Gasteiger partial charge >= 0.3 is 0 Å². The van der Waals surface area contributed by atoms with Gasteiger partial charge in [0.2, 0.25) is 0 Å². The van der Waals surface area contributed by atoms with E-state index < -0.39 is 0 Å². The summed E-state index contributed by atoms with van der Waals surface area (Å²) in [6.07, 6.45) is 3.53. The fraction of sp³-hybridized carbons (Fsp3) is 0.650. The topological polar surface area (TPSA) is 64.1 Å². The molecule has 6 heteroatoms. The molecule has 2 rings (SSSR count). The first-order valence-electron chi connectivity index (χ1n) is 9.60. The van der Waals surface area contributed by atoms with Gasteiger partial charge in [0.05, 0.1) is 25.9 Å². The third-order valence-corrected chi connectivity index (χ3v) is 4.26. The molecule has 1 fully saturated rings. The molecule has 26 heavy (non-hydrogen) atoms. The van der Waals surface area contributed by atoms with Crippen molar-refractivity contribution in [1.82, 2.24) is 10.6 Å². The van der Waals surface area contributed by atoms with E-state index in [4.69, 9.17) is 14.2 Å². The summed E-state index contributed by atoms with van der Waals surface area (Å²) in [7, 11) is 1.71. The molecule has 1 heterocycles. The first-order valence-corrected chi connectivity index (χ1v) is 9.60. The summed E-state index contributed by atoms with van der Waals surface area (Å²) >= 11 is 0. The van der Waals surface area contributed by atoms with Gasteiger partial charge in [0.1, 0.15) is 0 Å². The Morgan fingerprint density at radius 1 is 1.27 bits per heavy atom. The SMILES string of the molecule is CCNC(=NCc1ccccc1COC)NCCCOCC1CCCO1. The Balaban J connectivity index is 1.70. The molecule has 1 aliphatic rings. The number of ether oxygens (including phenoxy) is 3. The van der Waals surface area contributed by atoms with Gasteiger partial charge in [-0.2, -0.15) is 0 Å². The molecule has 146 valence electrons. The Morgan fingerprint density at radius 2 is 2.12 bits per heavy atom. The molecular formula is C20H33N3O3. The molecule has 2 N–H and O–H groups in total. The molecule has 0 spiro atoms. The number of hydrogen-bond acceptors (Lipinski definition) is 4. The second-order valence-corrected chi connectivity index (χ2v) is 6.39. The molecule has 0 radical (unpaired) electrons. The van der Waals surface area contributed by atoms with E-state index in [-0.39, 0.29) is 0 Å². The van der Waals surface area contributed by atoms with Crippen molar-refractivity contribution in [1.29, 1.82) is 0 Å².